The standard InChI is InChI=1S/C27H38ClN5O7/c1-26(2,3)39-24(36)33(25(37)40-27(4,5)6)23-31-21(28)20(19(29-7)13-17(35)15-34)22(32-23)30-14-16-9-11-18(38-8)12-10-16/h9-12,17,34-35H,13-15H2,1-8H3,(H,30,31,32)/b29-19-. The Balaban J connectivity index is 2.66. The second-order valence-corrected chi connectivity index (χ2v) is 11.1. The maximum Gasteiger partial charge on any atom is 0.427 e. The molecule has 40 heavy (non-hydrogen) atoms. The van der Waals surface area contributed by atoms with E-state index in [-0.39, 0.29) is 35.2 Å². The van der Waals surface area contributed by atoms with Gasteiger partial charge in [0.2, 0.25) is 5.95 Å². The van der Waals surface area contributed by atoms with E-state index in [1.165, 1.54) is 7.05 Å². The second kappa shape index (κ2) is 13.7. The minimum Gasteiger partial charge on any atom is -0.497 e. The van der Waals surface area contributed by atoms with Gasteiger partial charge in [0.1, 0.15) is 27.9 Å². The van der Waals surface area contributed by atoms with E-state index in [1.54, 1.807) is 60.8 Å². The van der Waals surface area contributed by atoms with Crippen molar-refractivity contribution in [3.05, 3.63) is 40.5 Å². The van der Waals surface area contributed by atoms with Crippen LogP contribution in [-0.4, -0.2) is 76.1 Å². The summed E-state index contributed by atoms with van der Waals surface area (Å²) in [6.45, 7) is 9.62. The number of ether oxygens (including phenoxy) is 3. The summed E-state index contributed by atoms with van der Waals surface area (Å²) in [5, 5.41) is 22.5. The largest absolute Gasteiger partial charge is 0.497 e. The lowest BCUT2D eigenvalue weighted by Gasteiger charge is -2.28. The Hall–Kier alpha value is -3.48. The molecule has 0 bridgehead atoms. The number of imide groups is 1. The van der Waals surface area contributed by atoms with Crippen LogP contribution in [0.5, 0.6) is 5.75 Å². The fourth-order valence-corrected chi connectivity index (χ4v) is 3.56. The number of nitrogens with one attached hydrogen (secondary N) is 1. The third-order valence-electron chi connectivity index (χ3n) is 5.02. The number of aliphatic imine (C=N–C) groups is 1. The molecule has 12 nitrogen and oxygen atoms in total. The summed E-state index contributed by atoms with van der Waals surface area (Å²) in [5.41, 5.74) is -0.527. The number of amides is 2. The molecule has 0 saturated carbocycles. The van der Waals surface area contributed by atoms with Gasteiger partial charge in [-0.15, -0.1) is 4.90 Å². The lowest BCUT2D eigenvalue weighted by Crippen LogP contribution is -2.44. The summed E-state index contributed by atoms with van der Waals surface area (Å²) in [6, 6.07) is 7.26. The average Bonchev–Trinajstić information content (AvgIpc) is 2.84. The van der Waals surface area contributed by atoms with Crippen LogP contribution in [0.1, 0.15) is 59.1 Å². The first-order valence-corrected chi connectivity index (χ1v) is 12.9. The Morgan fingerprint density at radius 1 is 1.05 bits per heavy atom. The molecule has 0 spiro atoms. The van der Waals surface area contributed by atoms with E-state index in [0.29, 0.717) is 10.6 Å². The van der Waals surface area contributed by atoms with Gasteiger partial charge in [-0.3, -0.25) is 4.99 Å². The Labute approximate surface area is 239 Å². The highest BCUT2D eigenvalue weighted by Crippen LogP contribution is 2.29. The van der Waals surface area contributed by atoms with Crippen molar-refractivity contribution in [2.45, 2.75) is 71.8 Å². The third-order valence-corrected chi connectivity index (χ3v) is 5.30. The summed E-state index contributed by atoms with van der Waals surface area (Å²) in [4.78, 5) is 39.8. The number of aliphatic hydroxyl groups is 2. The highest BCUT2D eigenvalue weighted by molar-refractivity contribution is 6.34. The van der Waals surface area contributed by atoms with Crippen LogP contribution in [0.25, 0.3) is 0 Å². The van der Waals surface area contributed by atoms with Gasteiger partial charge in [0.25, 0.3) is 0 Å². The molecular formula is C27H38ClN5O7. The molecule has 2 amide bonds. The predicted molar refractivity (Wildman–Crippen MR) is 152 cm³/mol. The van der Waals surface area contributed by atoms with Crippen molar-refractivity contribution in [2.24, 2.45) is 4.99 Å². The topological polar surface area (TPSA) is 156 Å². The van der Waals surface area contributed by atoms with Crippen LogP contribution in [0, 0.1) is 0 Å². The predicted octanol–water partition coefficient (Wildman–Crippen LogP) is 4.59. The van der Waals surface area contributed by atoms with E-state index in [2.05, 4.69) is 20.3 Å². The zero-order chi connectivity index (χ0) is 30.3. The number of aromatic nitrogens is 2. The number of carbonyl (C=O) groups is 2. The smallest absolute Gasteiger partial charge is 0.427 e. The van der Waals surface area contributed by atoms with E-state index >= 15 is 0 Å². The number of hydrogen-bond donors (Lipinski definition) is 3. The fourth-order valence-electron chi connectivity index (χ4n) is 3.28. The van der Waals surface area contributed by atoms with Gasteiger partial charge in [0.15, 0.2) is 0 Å². The molecule has 0 aliphatic heterocycles. The number of anilines is 2. The fraction of sp³-hybridized carbons (Fsp3) is 0.519. The lowest BCUT2D eigenvalue weighted by molar-refractivity contribution is 0.0427. The van der Waals surface area contributed by atoms with E-state index in [9.17, 15) is 19.8 Å². The normalized spacial score (nSPS) is 12.9. The zero-order valence-electron chi connectivity index (χ0n) is 24.1. The van der Waals surface area contributed by atoms with Crippen molar-refractivity contribution < 1.29 is 34.0 Å². The third kappa shape index (κ3) is 9.61. The maximum atomic E-state index is 13.2. The molecule has 3 N–H and O–H groups in total. The first kappa shape index (κ1) is 32.7. The zero-order valence-corrected chi connectivity index (χ0v) is 24.9. The molecule has 1 atom stereocenters. The summed E-state index contributed by atoms with van der Waals surface area (Å²) in [6.07, 6.45) is -3.31. The van der Waals surface area contributed by atoms with Crippen molar-refractivity contribution in [1.82, 2.24) is 9.97 Å². The van der Waals surface area contributed by atoms with Crippen LogP contribution in [0.3, 0.4) is 0 Å². The monoisotopic (exact) mass is 579 g/mol. The molecule has 0 aliphatic carbocycles. The number of carbonyl (C=O) groups excluding carboxylic acids is 2. The van der Waals surface area contributed by atoms with E-state index in [4.69, 9.17) is 25.8 Å². The summed E-state index contributed by atoms with van der Waals surface area (Å²) in [7, 11) is 3.06. The highest BCUT2D eigenvalue weighted by atomic mass is 35.5. The van der Waals surface area contributed by atoms with Gasteiger partial charge < -0.3 is 29.7 Å². The van der Waals surface area contributed by atoms with Crippen molar-refractivity contribution in [3.8, 4) is 5.75 Å². The lowest BCUT2D eigenvalue weighted by atomic mass is 10.1. The number of rotatable bonds is 9. The molecule has 2 rings (SSSR count). The molecule has 1 unspecified atom stereocenters. The highest BCUT2D eigenvalue weighted by Gasteiger charge is 2.36. The van der Waals surface area contributed by atoms with Crippen LogP contribution in [-0.2, 0) is 16.0 Å². The van der Waals surface area contributed by atoms with Crippen molar-refractivity contribution >= 4 is 41.3 Å². The van der Waals surface area contributed by atoms with Crippen molar-refractivity contribution in [2.75, 3.05) is 31.0 Å². The van der Waals surface area contributed by atoms with Gasteiger partial charge in [0, 0.05) is 20.0 Å². The summed E-state index contributed by atoms with van der Waals surface area (Å²) in [5.74, 6) is 0.405. The van der Waals surface area contributed by atoms with Gasteiger partial charge in [-0.1, -0.05) is 23.7 Å². The second-order valence-electron chi connectivity index (χ2n) is 10.7. The quantitative estimate of drug-likeness (QED) is 0.283. The van der Waals surface area contributed by atoms with Crippen LogP contribution in [0.4, 0.5) is 21.4 Å². The van der Waals surface area contributed by atoms with Crippen LogP contribution in [0.15, 0.2) is 29.3 Å². The molecule has 2 aromatic rings. The first-order valence-electron chi connectivity index (χ1n) is 12.5. The summed E-state index contributed by atoms with van der Waals surface area (Å²) < 4.78 is 16.1. The molecule has 1 heterocycles. The van der Waals surface area contributed by atoms with E-state index in [1.807, 2.05) is 12.1 Å². The number of aliphatic hydroxyl groups excluding tert-OH is 2. The molecule has 0 fully saturated rings. The van der Waals surface area contributed by atoms with Crippen LogP contribution in [0.2, 0.25) is 5.15 Å². The molecule has 1 aromatic heterocycles. The van der Waals surface area contributed by atoms with Crippen molar-refractivity contribution in [1.29, 1.82) is 0 Å². The van der Waals surface area contributed by atoms with Gasteiger partial charge >= 0.3 is 12.2 Å². The number of hydrogen-bond acceptors (Lipinski definition) is 11. The SMILES string of the molecule is C/N=C(/CC(O)CO)c1c(Cl)nc(N(C(=O)OC(C)(C)C)C(=O)OC(C)(C)C)nc1NCc1ccc(OC)cc1. The number of benzene rings is 1. The Bertz CT molecular complexity index is 1180. The first-order chi connectivity index (χ1) is 18.6. The number of halogens is 1. The Morgan fingerprint density at radius 3 is 2.05 bits per heavy atom. The van der Waals surface area contributed by atoms with E-state index in [0.717, 1.165) is 5.56 Å². The van der Waals surface area contributed by atoms with Gasteiger partial charge in [0.05, 0.1) is 31.1 Å². The Kier molecular flexibility index (Phi) is 11.2. The molecule has 220 valence electrons. The Morgan fingerprint density at radius 2 is 1.60 bits per heavy atom. The number of nitrogens with zero attached hydrogens (tertiary/aromatic N) is 4. The minimum atomic E-state index is -1.12. The van der Waals surface area contributed by atoms with Gasteiger partial charge in [-0.05, 0) is 59.2 Å². The van der Waals surface area contributed by atoms with Gasteiger partial charge in [-0.2, -0.15) is 9.97 Å². The molecule has 0 saturated heterocycles. The molecule has 0 aliphatic rings. The molecular weight excluding hydrogens is 542 g/mol. The molecule has 13 heteroatoms. The van der Waals surface area contributed by atoms with Gasteiger partial charge in [-0.25, -0.2) is 9.59 Å². The van der Waals surface area contributed by atoms with Crippen LogP contribution >= 0.6 is 11.6 Å². The average molecular weight is 580 g/mol. The van der Waals surface area contributed by atoms with Crippen LogP contribution < -0.4 is 15.0 Å². The number of methoxy groups -OCH3 is 1. The maximum absolute atomic E-state index is 13.2. The molecule has 1 aromatic carbocycles. The van der Waals surface area contributed by atoms with E-state index < -0.39 is 42.0 Å². The summed E-state index contributed by atoms with van der Waals surface area (Å²) >= 11 is 6.61. The van der Waals surface area contributed by atoms with Crippen molar-refractivity contribution in [3.63, 3.8) is 0 Å². The minimum absolute atomic E-state index is 0.0610. The molecule has 0 radical (unpaired) electrons.